The normalized spacial score (nSPS) is 10.6. The van der Waals surface area contributed by atoms with E-state index in [-0.39, 0.29) is 11.0 Å². The highest BCUT2D eigenvalue weighted by atomic mass is 35.5. The molecule has 0 bridgehead atoms. The average Bonchev–Trinajstić information content (AvgIpc) is 2.43. The third kappa shape index (κ3) is 1.25. The van der Waals surface area contributed by atoms with Gasteiger partial charge in [-0.1, -0.05) is 0 Å². The van der Waals surface area contributed by atoms with E-state index in [0.717, 1.165) is 0 Å². The van der Waals surface area contributed by atoms with Gasteiger partial charge in [0.15, 0.2) is 11.5 Å². The molecule has 0 unspecified atom stereocenters. The lowest BCUT2D eigenvalue weighted by atomic mass is 10.5. The Labute approximate surface area is 77.4 Å². The van der Waals surface area contributed by atoms with Gasteiger partial charge in [0.05, 0.1) is 0 Å². The summed E-state index contributed by atoms with van der Waals surface area (Å²) in [6.07, 6.45) is 0. The number of nitrogens with zero attached hydrogens (tertiary/aromatic N) is 2. The molecule has 2 aromatic rings. The fraction of sp³-hybridized carbons (Fsp3) is 0.167. The molecule has 7 heteroatoms. The summed E-state index contributed by atoms with van der Waals surface area (Å²) < 4.78 is 0. The first-order valence-electron chi connectivity index (χ1n) is 3.54. The van der Waals surface area contributed by atoms with Crippen LogP contribution in [0.3, 0.4) is 0 Å². The molecule has 13 heavy (non-hydrogen) atoms. The molecule has 0 saturated carbocycles. The minimum Gasteiger partial charge on any atom is -0.371 e. The first-order valence-corrected chi connectivity index (χ1v) is 3.92. The Hall–Kier alpha value is -1.56. The van der Waals surface area contributed by atoms with Crippen LogP contribution >= 0.6 is 11.6 Å². The molecule has 0 aliphatic rings. The minimum absolute atomic E-state index is 0.0899. The molecular formula is C6H6ClN5O. The molecule has 68 valence electrons. The van der Waals surface area contributed by atoms with Crippen LogP contribution in [0.5, 0.6) is 0 Å². The molecule has 0 amide bonds. The monoisotopic (exact) mass is 199 g/mol. The molecule has 0 aromatic carbocycles. The highest BCUT2D eigenvalue weighted by molar-refractivity contribution is 6.28. The second kappa shape index (κ2) is 2.74. The number of nitrogens with one attached hydrogen (secondary N) is 3. The number of anilines is 1. The van der Waals surface area contributed by atoms with Crippen molar-refractivity contribution < 1.29 is 0 Å². The van der Waals surface area contributed by atoms with Gasteiger partial charge in [-0.05, 0) is 11.6 Å². The summed E-state index contributed by atoms with van der Waals surface area (Å²) in [5, 5.41) is 2.89. The van der Waals surface area contributed by atoms with Crippen molar-refractivity contribution in [2.24, 2.45) is 0 Å². The molecule has 0 spiro atoms. The molecule has 2 aromatic heterocycles. The predicted molar refractivity (Wildman–Crippen MR) is 49.1 cm³/mol. The first-order chi connectivity index (χ1) is 6.20. The Balaban J connectivity index is 2.88. The fourth-order valence-corrected chi connectivity index (χ4v) is 1.24. The molecule has 0 atom stereocenters. The van der Waals surface area contributed by atoms with Crippen LogP contribution in [0, 0.1) is 0 Å². The van der Waals surface area contributed by atoms with Crippen LogP contribution in [0.15, 0.2) is 4.79 Å². The van der Waals surface area contributed by atoms with E-state index in [4.69, 9.17) is 11.6 Å². The van der Waals surface area contributed by atoms with Crippen molar-refractivity contribution in [3.8, 4) is 0 Å². The zero-order valence-corrected chi connectivity index (χ0v) is 7.44. The number of fused-ring (bicyclic) bond motifs is 1. The molecule has 0 radical (unpaired) electrons. The quantitative estimate of drug-likeness (QED) is 0.578. The second-order valence-electron chi connectivity index (χ2n) is 2.39. The van der Waals surface area contributed by atoms with Crippen molar-refractivity contribution in [3.05, 3.63) is 15.8 Å². The summed E-state index contributed by atoms with van der Waals surface area (Å²) >= 11 is 5.61. The van der Waals surface area contributed by atoms with Crippen molar-refractivity contribution in [2.75, 3.05) is 12.4 Å². The number of hydrogen-bond acceptors (Lipinski definition) is 4. The number of aromatic nitrogens is 4. The number of aromatic amines is 2. The van der Waals surface area contributed by atoms with Gasteiger partial charge in [-0.15, -0.1) is 0 Å². The Morgan fingerprint density at radius 3 is 2.85 bits per heavy atom. The van der Waals surface area contributed by atoms with Crippen LogP contribution in [-0.4, -0.2) is 27.0 Å². The Kier molecular flexibility index (Phi) is 1.70. The molecular weight excluding hydrogens is 194 g/mol. The third-order valence-electron chi connectivity index (χ3n) is 1.59. The molecule has 0 fully saturated rings. The topological polar surface area (TPSA) is 86.5 Å². The lowest BCUT2D eigenvalue weighted by molar-refractivity contribution is 1.18. The number of halogens is 1. The number of hydrogen-bond donors (Lipinski definition) is 3. The van der Waals surface area contributed by atoms with Gasteiger partial charge in [-0.25, -0.2) is 4.79 Å². The Morgan fingerprint density at radius 1 is 1.38 bits per heavy atom. The number of H-pyrrole nitrogens is 2. The summed E-state index contributed by atoms with van der Waals surface area (Å²) in [6, 6.07) is 0. The van der Waals surface area contributed by atoms with E-state index in [1.807, 2.05) is 0 Å². The van der Waals surface area contributed by atoms with Gasteiger partial charge < -0.3 is 10.3 Å². The molecule has 0 aliphatic carbocycles. The molecule has 2 rings (SSSR count). The van der Waals surface area contributed by atoms with Gasteiger partial charge in [0.1, 0.15) is 5.52 Å². The molecule has 2 heterocycles. The summed E-state index contributed by atoms with van der Waals surface area (Å²) in [4.78, 5) is 23.7. The van der Waals surface area contributed by atoms with Crippen molar-refractivity contribution in [1.29, 1.82) is 0 Å². The lowest BCUT2D eigenvalue weighted by Crippen LogP contribution is -2.00. The molecule has 0 saturated heterocycles. The Morgan fingerprint density at radius 2 is 2.15 bits per heavy atom. The zero-order chi connectivity index (χ0) is 9.42. The van der Waals surface area contributed by atoms with Gasteiger partial charge in [0, 0.05) is 7.05 Å². The van der Waals surface area contributed by atoms with Gasteiger partial charge in [-0.2, -0.15) is 9.97 Å². The molecule has 0 aliphatic heterocycles. The van der Waals surface area contributed by atoms with Crippen molar-refractivity contribution in [1.82, 2.24) is 19.9 Å². The van der Waals surface area contributed by atoms with Crippen LogP contribution in [0.2, 0.25) is 5.28 Å². The van der Waals surface area contributed by atoms with Crippen LogP contribution in [0.25, 0.3) is 11.2 Å². The maximum Gasteiger partial charge on any atom is 0.325 e. The van der Waals surface area contributed by atoms with Crippen LogP contribution in [-0.2, 0) is 0 Å². The van der Waals surface area contributed by atoms with Gasteiger partial charge in [-0.3, -0.25) is 4.98 Å². The maximum absolute atomic E-state index is 10.9. The van der Waals surface area contributed by atoms with Crippen molar-refractivity contribution in [3.63, 3.8) is 0 Å². The lowest BCUT2D eigenvalue weighted by Gasteiger charge is -1.98. The van der Waals surface area contributed by atoms with E-state index in [2.05, 4.69) is 25.3 Å². The van der Waals surface area contributed by atoms with Gasteiger partial charge in [0.2, 0.25) is 5.28 Å². The maximum atomic E-state index is 10.9. The van der Waals surface area contributed by atoms with Crippen LogP contribution < -0.4 is 11.0 Å². The summed E-state index contributed by atoms with van der Waals surface area (Å²) in [7, 11) is 1.68. The minimum atomic E-state index is -0.330. The van der Waals surface area contributed by atoms with E-state index in [9.17, 15) is 4.79 Å². The number of rotatable bonds is 1. The largest absolute Gasteiger partial charge is 0.371 e. The van der Waals surface area contributed by atoms with E-state index in [1.165, 1.54) is 0 Å². The summed E-state index contributed by atoms with van der Waals surface area (Å²) in [5.41, 5.74) is 0.592. The van der Waals surface area contributed by atoms with Crippen molar-refractivity contribution in [2.45, 2.75) is 0 Å². The smallest absolute Gasteiger partial charge is 0.325 e. The van der Waals surface area contributed by atoms with E-state index in [1.54, 1.807) is 7.05 Å². The second-order valence-corrected chi connectivity index (χ2v) is 2.73. The average molecular weight is 200 g/mol. The van der Waals surface area contributed by atoms with Gasteiger partial charge in [0.25, 0.3) is 0 Å². The summed E-state index contributed by atoms with van der Waals surface area (Å²) in [6.45, 7) is 0. The first kappa shape index (κ1) is 8.06. The van der Waals surface area contributed by atoms with E-state index in [0.29, 0.717) is 17.0 Å². The van der Waals surface area contributed by atoms with Crippen molar-refractivity contribution >= 4 is 28.6 Å². The Bertz CT molecular complexity index is 501. The van der Waals surface area contributed by atoms with Gasteiger partial charge >= 0.3 is 5.69 Å². The standard InChI is InChI=1S/C6H6ClN5O/c1-8-3-2-4(11-5(7)10-3)12-6(13)9-2/h1H3,(H3,8,9,10,11,12,13). The SMILES string of the molecule is CNc1nc(Cl)nc2[nH]c(=O)[nH]c12. The molecule has 6 nitrogen and oxygen atoms in total. The van der Waals surface area contributed by atoms with E-state index >= 15 is 0 Å². The van der Waals surface area contributed by atoms with Crippen LogP contribution in [0.1, 0.15) is 0 Å². The fourth-order valence-electron chi connectivity index (χ4n) is 1.08. The van der Waals surface area contributed by atoms with E-state index < -0.39 is 0 Å². The molecule has 3 N–H and O–H groups in total. The van der Waals surface area contributed by atoms with Crippen LogP contribution in [0.4, 0.5) is 5.82 Å². The highest BCUT2D eigenvalue weighted by Gasteiger charge is 2.07. The third-order valence-corrected chi connectivity index (χ3v) is 1.76. The highest BCUT2D eigenvalue weighted by Crippen LogP contribution is 2.16. The predicted octanol–water partition coefficient (Wildman–Crippen LogP) is 0.341. The zero-order valence-electron chi connectivity index (χ0n) is 6.68. The summed E-state index contributed by atoms with van der Waals surface area (Å²) in [5.74, 6) is 0.494. The number of imidazole rings is 1.